The molecule has 6 heteroatoms. The van der Waals surface area contributed by atoms with Gasteiger partial charge in [0.05, 0.1) is 0 Å². The van der Waals surface area contributed by atoms with E-state index in [0.717, 1.165) is 10.9 Å². The lowest BCUT2D eigenvalue weighted by Gasteiger charge is -2.09. The topological polar surface area (TPSA) is 76.0 Å². The van der Waals surface area contributed by atoms with Crippen molar-refractivity contribution >= 4 is 28.5 Å². The van der Waals surface area contributed by atoms with Gasteiger partial charge in [-0.25, -0.2) is 4.98 Å². The SMILES string of the molecule is CCn1c(C(=O)NCCC(=O)Nc2ccccn2)cc2ccccc21. The fourth-order valence-corrected chi connectivity index (χ4v) is 2.76. The summed E-state index contributed by atoms with van der Waals surface area (Å²) in [7, 11) is 0. The molecule has 0 saturated heterocycles. The van der Waals surface area contributed by atoms with E-state index in [0.29, 0.717) is 18.1 Å². The van der Waals surface area contributed by atoms with Crippen molar-refractivity contribution in [2.45, 2.75) is 19.9 Å². The summed E-state index contributed by atoms with van der Waals surface area (Å²) in [5.74, 6) is 0.142. The minimum Gasteiger partial charge on any atom is -0.350 e. The van der Waals surface area contributed by atoms with Gasteiger partial charge in [0.15, 0.2) is 0 Å². The van der Waals surface area contributed by atoms with E-state index in [4.69, 9.17) is 0 Å². The molecule has 128 valence electrons. The van der Waals surface area contributed by atoms with Crippen molar-refractivity contribution < 1.29 is 9.59 Å². The molecule has 0 spiro atoms. The Morgan fingerprint density at radius 3 is 2.68 bits per heavy atom. The lowest BCUT2D eigenvalue weighted by Crippen LogP contribution is -2.29. The number of pyridine rings is 1. The van der Waals surface area contributed by atoms with Crippen LogP contribution in [0, 0.1) is 0 Å². The minimum absolute atomic E-state index is 0.177. The standard InChI is InChI=1S/C19H20N4O2/c1-2-23-15-8-4-3-7-14(15)13-16(23)19(25)21-12-10-18(24)22-17-9-5-6-11-20-17/h3-9,11,13H,2,10,12H2,1H3,(H,21,25)(H,20,22,24). The van der Waals surface area contributed by atoms with Gasteiger partial charge in [-0.2, -0.15) is 0 Å². The van der Waals surface area contributed by atoms with Crippen LogP contribution in [0.5, 0.6) is 0 Å². The molecular weight excluding hydrogens is 316 g/mol. The van der Waals surface area contributed by atoms with Crippen LogP contribution in [0.4, 0.5) is 5.82 Å². The van der Waals surface area contributed by atoms with Gasteiger partial charge in [0.1, 0.15) is 11.5 Å². The highest BCUT2D eigenvalue weighted by Gasteiger charge is 2.14. The van der Waals surface area contributed by atoms with Gasteiger partial charge in [-0.1, -0.05) is 24.3 Å². The highest BCUT2D eigenvalue weighted by Crippen LogP contribution is 2.19. The maximum absolute atomic E-state index is 12.5. The molecule has 1 aromatic carbocycles. The summed E-state index contributed by atoms with van der Waals surface area (Å²) in [6.07, 6.45) is 1.80. The van der Waals surface area contributed by atoms with E-state index in [1.54, 1.807) is 24.4 Å². The van der Waals surface area contributed by atoms with Gasteiger partial charge in [0, 0.05) is 36.6 Å². The molecule has 2 N–H and O–H groups in total. The van der Waals surface area contributed by atoms with Crippen molar-refractivity contribution in [3.8, 4) is 0 Å². The number of carbonyl (C=O) groups excluding carboxylic acids is 2. The number of fused-ring (bicyclic) bond motifs is 1. The van der Waals surface area contributed by atoms with Gasteiger partial charge >= 0.3 is 0 Å². The van der Waals surface area contributed by atoms with Crippen molar-refractivity contribution in [3.05, 3.63) is 60.4 Å². The van der Waals surface area contributed by atoms with Crippen LogP contribution in [0.15, 0.2) is 54.7 Å². The smallest absolute Gasteiger partial charge is 0.267 e. The normalized spacial score (nSPS) is 10.6. The van der Waals surface area contributed by atoms with Crippen LogP contribution in [0.25, 0.3) is 10.9 Å². The molecule has 0 radical (unpaired) electrons. The number of hydrogen-bond donors (Lipinski definition) is 2. The second-order valence-corrected chi connectivity index (χ2v) is 5.60. The van der Waals surface area contributed by atoms with E-state index in [1.165, 1.54) is 0 Å². The predicted molar refractivity (Wildman–Crippen MR) is 97.4 cm³/mol. The predicted octanol–water partition coefficient (Wildman–Crippen LogP) is 2.81. The Kier molecular flexibility index (Phi) is 5.09. The van der Waals surface area contributed by atoms with Crippen molar-refractivity contribution in [1.82, 2.24) is 14.9 Å². The summed E-state index contributed by atoms with van der Waals surface area (Å²) in [5, 5.41) is 6.53. The van der Waals surface area contributed by atoms with Gasteiger partial charge in [-0.05, 0) is 31.2 Å². The zero-order valence-corrected chi connectivity index (χ0v) is 14.0. The molecule has 6 nitrogen and oxygen atoms in total. The number of hydrogen-bond acceptors (Lipinski definition) is 3. The Bertz CT molecular complexity index is 887. The number of para-hydroxylation sites is 1. The van der Waals surface area contributed by atoms with Crippen LogP contribution in [0.2, 0.25) is 0 Å². The molecule has 0 unspecified atom stereocenters. The zero-order valence-electron chi connectivity index (χ0n) is 14.0. The van der Waals surface area contributed by atoms with Crippen LogP contribution in [-0.2, 0) is 11.3 Å². The van der Waals surface area contributed by atoms with Gasteiger partial charge in [-0.15, -0.1) is 0 Å². The lowest BCUT2D eigenvalue weighted by molar-refractivity contribution is -0.116. The first kappa shape index (κ1) is 16.7. The molecule has 0 aliphatic heterocycles. The Morgan fingerprint density at radius 1 is 1.12 bits per heavy atom. The van der Waals surface area contributed by atoms with Crippen molar-refractivity contribution in [2.75, 3.05) is 11.9 Å². The average Bonchev–Trinajstić information content (AvgIpc) is 3.01. The third kappa shape index (κ3) is 3.85. The van der Waals surface area contributed by atoms with Gasteiger partial charge in [0.25, 0.3) is 5.91 Å². The summed E-state index contributed by atoms with van der Waals surface area (Å²) in [5.41, 5.74) is 1.64. The van der Waals surface area contributed by atoms with Gasteiger partial charge in [-0.3, -0.25) is 9.59 Å². The first-order chi connectivity index (χ1) is 12.2. The first-order valence-electron chi connectivity index (χ1n) is 8.26. The van der Waals surface area contributed by atoms with Crippen LogP contribution in [0.1, 0.15) is 23.8 Å². The second kappa shape index (κ2) is 7.61. The molecule has 0 fully saturated rings. The fourth-order valence-electron chi connectivity index (χ4n) is 2.76. The van der Waals surface area contributed by atoms with Crippen LogP contribution < -0.4 is 10.6 Å². The number of aromatic nitrogens is 2. The monoisotopic (exact) mass is 336 g/mol. The maximum Gasteiger partial charge on any atom is 0.267 e. The number of benzene rings is 1. The van der Waals surface area contributed by atoms with E-state index in [-0.39, 0.29) is 24.8 Å². The summed E-state index contributed by atoms with van der Waals surface area (Å²) in [6.45, 7) is 2.97. The Morgan fingerprint density at radius 2 is 1.92 bits per heavy atom. The molecule has 0 aliphatic rings. The van der Waals surface area contributed by atoms with Crippen molar-refractivity contribution in [3.63, 3.8) is 0 Å². The van der Waals surface area contributed by atoms with E-state index in [1.807, 2.05) is 41.8 Å². The molecule has 0 atom stereocenters. The molecule has 0 saturated carbocycles. The van der Waals surface area contributed by atoms with E-state index in [9.17, 15) is 9.59 Å². The molecule has 2 aromatic heterocycles. The minimum atomic E-state index is -0.185. The van der Waals surface area contributed by atoms with Crippen LogP contribution in [-0.4, -0.2) is 27.9 Å². The number of carbonyl (C=O) groups is 2. The Labute approximate surface area is 145 Å². The van der Waals surface area contributed by atoms with E-state index in [2.05, 4.69) is 15.6 Å². The zero-order chi connectivity index (χ0) is 17.6. The number of anilines is 1. The second-order valence-electron chi connectivity index (χ2n) is 5.60. The maximum atomic E-state index is 12.5. The number of amides is 2. The van der Waals surface area contributed by atoms with Crippen molar-refractivity contribution in [1.29, 1.82) is 0 Å². The Balaban J connectivity index is 1.59. The molecule has 3 rings (SSSR count). The molecule has 25 heavy (non-hydrogen) atoms. The van der Waals surface area contributed by atoms with E-state index < -0.39 is 0 Å². The molecular formula is C19H20N4O2. The van der Waals surface area contributed by atoms with E-state index >= 15 is 0 Å². The summed E-state index contributed by atoms with van der Waals surface area (Å²) < 4.78 is 1.97. The number of aryl methyl sites for hydroxylation is 1. The third-order valence-electron chi connectivity index (χ3n) is 3.93. The quantitative estimate of drug-likeness (QED) is 0.727. The lowest BCUT2D eigenvalue weighted by atomic mass is 10.2. The first-order valence-corrected chi connectivity index (χ1v) is 8.26. The highest BCUT2D eigenvalue weighted by molar-refractivity contribution is 5.99. The van der Waals surface area contributed by atoms with Crippen LogP contribution in [0.3, 0.4) is 0 Å². The number of rotatable bonds is 6. The molecule has 0 bridgehead atoms. The molecule has 2 heterocycles. The number of nitrogens with zero attached hydrogens (tertiary/aromatic N) is 2. The highest BCUT2D eigenvalue weighted by atomic mass is 16.2. The fraction of sp³-hybridized carbons (Fsp3) is 0.211. The largest absolute Gasteiger partial charge is 0.350 e. The van der Waals surface area contributed by atoms with Crippen LogP contribution >= 0.6 is 0 Å². The third-order valence-corrected chi connectivity index (χ3v) is 3.93. The molecule has 0 aliphatic carbocycles. The summed E-state index contributed by atoms with van der Waals surface area (Å²) >= 11 is 0. The van der Waals surface area contributed by atoms with Gasteiger partial charge in [0.2, 0.25) is 5.91 Å². The van der Waals surface area contributed by atoms with Gasteiger partial charge < -0.3 is 15.2 Å². The molecule has 2 amide bonds. The van der Waals surface area contributed by atoms with Crippen molar-refractivity contribution in [2.24, 2.45) is 0 Å². The average molecular weight is 336 g/mol. The summed E-state index contributed by atoms with van der Waals surface area (Å²) in [4.78, 5) is 28.4. The Hall–Kier alpha value is -3.15. The number of nitrogens with one attached hydrogen (secondary N) is 2. The summed E-state index contributed by atoms with van der Waals surface area (Å²) in [6, 6.07) is 15.1. The molecule has 3 aromatic rings.